The Hall–Kier alpha value is -5.02. The standard InChI is InChI=1S/C49H63F3N4O11/c1-59-15-16-60-17-18-61-19-20-62-21-22-63-23-24-64-25-26-65-27-28-66-29-30-67-36-38-6-2-7-39(31-38)48(58)56-45-12-11-43(55-42-9-4-10-42)34-44(45)46-33-40(13-14-53-46)47(57)54-35-37-5-3-8-41(32-37)49(50,51)52/h2-3,5-8,11-14,31-34,42,55H,4,9-10,15-30,35-36H2,1H3,(H,54,57)(H,56,58). The first-order chi connectivity index (χ1) is 32.7. The van der Waals surface area contributed by atoms with Crippen molar-refractivity contribution in [3.8, 4) is 11.3 Å². The summed E-state index contributed by atoms with van der Waals surface area (Å²) in [6, 6.07) is 21.0. The van der Waals surface area contributed by atoms with Crippen molar-refractivity contribution in [1.29, 1.82) is 0 Å². The van der Waals surface area contributed by atoms with E-state index < -0.39 is 17.6 Å². The zero-order valence-corrected chi connectivity index (χ0v) is 38.1. The highest BCUT2D eigenvalue weighted by Crippen LogP contribution is 2.33. The Morgan fingerprint density at radius 2 is 1.16 bits per heavy atom. The van der Waals surface area contributed by atoms with Gasteiger partial charge >= 0.3 is 6.18 Å². The SMILES string of the molecule is COCCOCCOCCOCCOCCOCCOCCOCCOCc1cccc(C(=O)Nc2ccc(NC3CCC3)cc2-c2cc(C(=O)NCc3cccc(C(F)(F)F)c3)ccn2)c1. The lowest BCUT2D eigenvalue weighted by Crippen LogP contribution is -2.27. The van der Waals surface area contributed by atoms with Crippen molar-refractivity contribution < 1.29 is 65.4 Å². The number of benzene rings is 3. The largest absolute Gasteiger partial charge is 0.416 e. The molecule has 2 amide bonds. The minimum absolute atomic E-state index is 0.101. The molecule has 0 unspecified atom stereocenters. The van der Waals surface area contributed by atoms with Crippen molar-refractivity contribution >= 4 is 23.2 Å². The van der Waals surface area contributed by atoms with E-state index in [2.05, 4.69) is 20.9 Å². The van der Waals surface area contributed by atoms with Crippen LogP contribution in [0.2, 0.25) is 0 Å². The fraction of sp³-hybridized carbons (Fsp3) is 0.490. The van der Waals surface area contributed by atoms with Crippen LogP contribution in [-0.2, 0) is 62.0 Å². The molecule has 1 aromatic heterocycles. The quantitative estimate of drug-likeness (QED) is 0.0404. The molecule has 1 aliphatic rings. The Labute approximate surface area is 390 Å². The molecule has 0 saturated heterocycles. The van der Waals surface area contributed by atoms with Crippen molar-refractivity contribution in [3.05, 3.63) is 113 Å². The number of nitrogens with one attached hydrogen (secondary N) is 3. The first-order valence-electron chi connectivity index (χ1n) is 22.5. The van der Waals surface area contributed by atoms with Gasteiger partial charge in [0.15, 0.2) is 0 Å². The van der Waals surface area contributed by atoms with Gasteiger partial charge in [0.25, 0.3) is 11.8 Å². The molecule has 1 heterocycles. The number of nitrogens with zero attached hydrogens (tertiary/aromatic N) is 1. The number of hydrogen-bond donors (Lipinski definition) is 3. The molecule has 0 radical (unpaired) electrons. The maximum absolute atomic E-state index is 13.7. The van der Waals surface area contributed by atoms with Crippen molar-refractivity contribution in [2.75, 3.05) is 123 Å². The van der Waals surface area contributed by atoms with Gasteiger partial charge < -0.3 is 58.6 Å². The van der Waals surface area contributed by atoms with Gasteiger partial charge in [0.05, 0.1) is 129 Å². The van der Waals surface area contributed by atoms with Crippen LogP contribution in [0.15, 0.2) is 85.1 Å². The second kappa shape index (κ2) is 30.4. The number of hydrogen-bond acceptors (Lipinski definition) is 13. The number of methoxy groups -OCH3 is 1. The molecule has 67 heavy (non-hydrogen) atoms. The number of carbonyl (C=O) groups is 2. The second-order valence-electron chi connectivity index (χ2n) is 15.3. The average molecular weight is 941 g/mol. The molecule has 1 saturated carbocycles. The Morgan fingerprint density at radius 3 is 1.73 bits per heavy atom. The summed E-state index contributed by atoms with van der Waals surface area (Å²) in [5, 5.41) is 9.23. The van der Waals surface area contributed by atoms with Crippen molar-refractivity contribution in [2.24, 2.45) is 0 Å². The zero-order valence-electron chi connectivity index (χ0n) is 38.1. The predicted octanol–water partition coefficient (Wildman–Crippen LogP) is 7.19. The number of amides is 2. The summed E-state index contributed by atoms with van der Waals surface area (Å²) >= 11 is 0. The number of alkyl halides is 3. The summed E-state index contributed by atoms with van der Waals surface area (Å²) in [6.07, 6.45) is 0.234. The van der Waals surface area contributed by atoms with Crippen LogP contribution in [0.3, 0.4) is 0 Å². The summed E-state index contributed by atoms with van der Waals surface area (Å²) in [6.45, 7) is 7.68. The summed E-state index contributed by atoms with van der Waals surface area (Å²) in [5.74, 6) is -0.838. The fourth-order valence-electron chi connectivity index (χ4n) is 6.47. The van der Waals surface area contributed by atoms with Crippen LogP contribution in [-0.4, -0.2) is 136 Å². The third-order valence-corrected chi connectivity index (χ3v) is 10.2. The summed E-state index contributed by atoms with van der Waals surface area (Å²) in [4.78, 5) is 31.4. The second-order valence-corrected chi connectivity index (χ2v) is 15.3. The van der Waals surface area contributed by atoms with E-state index in [1.165, 1.54) is 24.4 Å². The predicted molar refractivity (Wildman–Crippen MR) is 245 cm³/mol. The minimum Gasteiger partial charge on any atom is -0.382 e. The summed E-state index contributed by atoms with van der Waals surface area (Å²) < 4.78 is 88.8. The van der Waals surface area contributed by atoms with E-state index in [1.807, 2.05) is 18.2 Å². The van der Waals surface area contributed by atoms with Gasteiger partial charge in [-0.05, 0) is 85.0 Å². The van der Waals surface area contributed by atoms with Crippen LogP contribution in [0.25, 0.3) is 11.3 Å². The number of rotatable bonds is 34. The first-order valence-corrected chi connectivity index (χ1v) is 22.5. The van der Waals surface area contributed by atoms with E-state index in [-0.39, 0.29) is 24.6 Å². The van der Waals surface area contributed by atoms with E-state index in [0.717, 1.165) is 42.6 Å². The van der Waals surface area contributed by atoms with Gasteiger partial charge in [0.1, 0.15) is 0 Å². The fourth-order valence-corrected chi connectivity index (χ4v) is 6.47. The van der Waals surface area contributed by atoms with Crippen LogP contribution in [0.4, 0.5) is 24.5 Å². The number of pyridine rings is 1. The van der Waals surface area contributed by atoms with E-state index in [9.17, 15) is 22.8 Å². The van der Waals surface area contributed by atoms with Crippen LogP contribution >= 0.6 is 0 Å². The zero-order chi connectivity index (χ0) is 47.4. The van der Waals surface area contributed by atoms with Crippen LogP contribution in [0.5, 0.6) is 0 Å². The average Bonchev–Trinajstić information content (AvgIpc) is 3.32. The molecule has 0 spiro atoms. The third kappa shape index (κ3) is 20.4. The third-order valence-electron chi connectivity index (χ3n) is 10.2. The Balaban J connectivity index is 0.969. The smallest absolute Gasteiger partial charge is 0.382 e. The Morgan fingerprint density at radius 1 is 0.612 bits per heavy atom. The van der Waals surface area contributed by atoms with E-state index in [4.69, 9.17) is 42.6 Å². The number of anilines is 2. The number of halogens is 3. The Bertz CT molecular complexity index is 2060. The normalized spacial score (nSPS) is 12.8. The Kier molecular flexibility index (Phi) is 24.0. The van der Waals surface area contributed by atoms with Gasteiger partial charge in [-0.15, -0.1) is 0 Å². The number of aromatic nitrogens is 1. The van der Waals surface area contributed by atoms with Gasteiger partial charge in [-0.3, -0.25) is 14.6 Å². The van der Waals surface area contributed by atoms with Crippen molar-refractivity contribution in [3.63, 3.8) is 0 Å². The minimum atomic E-state index is -4.49. The molecule has 1 fully saturated rings. The number of ether oxygens (including phenoxy) is 9. The van der Waals surface area contributed by atoms with Gasteiger partial charge in [-0.2, -0.15) is 13.2 Å². The first kappa shape index (κ1) is 52.9. The van der Waals surface area contributed by atoms with E-state index in [0.29, 0.717) is 140 Å². The topological polar surface area (TPSA) is 166 Å². The molecular weight excluding hydrogens is 878 g/mol. The lowest BCUT2D eigenvalue weighted by atomic mass is 9.93. The van der Waals surface area contributed by atoms with E-state index >= 15 is 0 Å². The molecule has 15 nitrogen and oxygen atoms in total. The molecule has 0 atom stereocenters. The van der Waals surface area contributed by atoms with Crippen LogP contribution in [0.1, 0.15) is 56.7 Å². The van der Waals surface area contributed by atoms with Gasteiger partial charge in [0.2, 0.25) is 0 Å². The lowest BCUT2D eigenvalue weighted by Gasteiger charge is -2.28. The van der Waals surface area contributed by atoms with Crippen molar-refractivity contribution in [1.82, 2.24) is 10.3 Å². The molecule has 0 aliphatic heterocycles. The molecule has 1 aliphatic carbocycles. The van der Waals surface area contributed by atoms with Gasteiger partial charge in [-0.1, -0.05) is 24.3 Å². The highest BCUT2D eigenvalue weighted by molar-refractivity contribution is 6.06. The summed E-state index contributed by atoms with van der Waals surface area (Å²) in [7, 11) is 1.63. The highest BCUT2D eigenvalue weighted by Gasteiger charge is 2.30. The molecule has 366 valence electrons. The monoisotopic (exact) mass is 940 g/mol. The van der Waals surface area contributed by atoms with Crippen LogP contribution in [0, 0.1) is 0 Å². The maximum atomic E-state index is 13.7. The molecule has 5 rings (SSSR count). The van der Waals surface area contributed by atoms with Gasteiger partial charge in [-0.25, -0.2) is 0 Å². The molecule has 18 heteroatoms. The van der Waals surface area contributed by atoms with E-state index in [1.54, 1.807) is 37.4 Å². The van der Waals surface area contributed by atoms with Gasteiger partial charge in [0, 0.05) is 48.3 Å². The maximum Gasteiger partial charge on any atom is 0.416 e. The highest BCUT2D eigenvalue weighted by atomic mass is 19.4. The van der Waals surface area contributed by atoms with Crippen molar-refractivity contribution in [2.45, 2.75) is 44.6 Å². The molecule has 3 N–H and O–H groups in total. The molecule has 4 aromatic rings. The van der Waals surface area contributed by atoms with Crippen LogP contribution < -0.4 is 16.0 Å². The number of carbonyl (C=O) groups excluding carboxylic acids is 2. The molecular formula is C49H63F3N4O11. The molecule has 0 bridgehead atoms. The lowest BCUT2D eigenvalue weighted by molar-refractivity contribution is -0.137. The summed E-state index contributed by atoms with van der Waals surface area (Å²) in [5.41, 5.74) is 3.32. The molecule has 3 aromatic carbocycles.